The lowest BCUT2D eigenvalue weighted by Gasteiger charge is -2.48. The summed E-state index contributed by atoms with van der Waals surface area (Å²) in [6.07, 6.45) is 0. The summed E-state index contributed by atoms with van der Waals surface area (Å²) in [6.45, 7) is 19.7. The Morgan fingerprint density at radius 3 is 1.50 bits per heavy atom. The van der Waals surface area contributed by atoms with Gasteiger partial charge in [-0.25, -0.2) is 0 Å². The van der Waals surface area contributed by atoms with E-state index in [-0.39, 0.29) is 0 Å². The van der Waals surface area contributed by atoms with Crippen LogP contribution in [0.25, 0.3) is 0 Å². The molecule has 0 rings (SSSR count). The summed E-state index contributed by atoms with van der Waals surface area (Å²) in [5, 5.41) is 0. The molecule has 3 nitrogen and oxygen atoms in total. The molecule has 0 saturated carbocycles. The normalized spacial score (nSPS) is 13.5. The summed E-state index contributed by atoms with van der Waals surface area (Å²) >= 11 is 0. The maximum Gasteiger partial charge on any atom is 0.277 e. The smallest absolute Gasteiger partial charge is 0.277 e. The largest absolute Gasteiger partial charge is 0.322 e. The lowest BCUT2D eigenvalue weighted by molar-refractivity contribution is 0.578. The van der Waals surface area contributed by atoms with Gasteiger partial charge < -0.3 is 14.2 Å². The predicted molar refractivity (Wildman–Crippen MR) is 79.3 cm³/mol. The van der Waals surface area contributed by atoms with E-state index in [4.69, 9.17) is 0 Å². The Bertz CT molecular complexity index is 186. The monoisotopic (exact) mass is 261 g/mol. The molecule has 0 aliphatic carbocycles. The van der Waals surface area contributed by atoms with Crippen LogP contribution >= 0.6 is 0 Å². The van der Waals surface area contributed by atoms with Crippen molar-refractivity contribution in [2.45, 2.75) is 53.4 Å². The van der Waals surface area contributed by atoms with Gasteiger partial charge in [0.25, 0.3) is 8.56 Å². The molecule has 0 heterocycles. The van der Waals surface area contributed by atoms with Crippen LogP contribution in [0.4, 0.5) is 0 Å². The molecule has 0 spiro atoms. The zero-order valence-electron chi connectivity index (χ0n) is 12.3. The molecule has 0 aliphatic rings. The Hall–Kier alpha value is 0.314. The first-order chi connectivity index (χ1) is 7.37. The fourth-order valence-electron chi connectivity index (χ4n) is 2.60. The van der Waals surface area contributed by atoms with E-state index in [1.54, 1.807) is 0 Å². The summed E-state index contributed by atoms with van der Waals surface area (Å²) in [7, 11) is -2.89. The highest BCUT2D eigenvalue weighted by molar-refractivity contribution is 6.89. The van der Waals surface area contributed by atoms with Crippen molar-refractivity contribution in [1.82, 2.24) is 14.2 Å². The molecule has 0 unspecified atom stereocenters. The van der Waals surface area contributed by atoms with Crippen molar-refractivity contribution in [1.29, 1.82) is 0 Å². The van der Waals surface area contributed by atoms with Gasteiger partial charge >= 0.3 is 0 Å². The highest BCUT2D eigenvalue weighted by Crippen LogP contribution is 2.18. The van der Waals surface area contributed by atoms with Crippen molar-refractivity contribution >= 4 is 16.8 Å². The Morgan fingerprint density at radius 2 is 1.31 bits per heavy atom. The SMILES string of the molecule is CCN[Si](CC)(NCC)N(CC)[Si](C)(C)C. The molecule has 0 aliphatic heterocycles. The first kappa shape index (κ1) is 16.3. The average Bonchev–Trinajstić information content (AvgIpc) is 2.17. The molecule has 0 bridgehead atoms. The number of rotatable bonds is 8. The molecule has 0 amide bonds. The van der Waals surface area contributed by atoms with Gasteiger partial charge in [0.2, 0.25) is 0 Å². The van der Waals surface area contributed by atoms with Crippen LogP contribution in [0.15, 0.2) is 0 Å². The van der Waals surface area contributed by atoms with Crippen molar-refractivity contribution in [3.63, 3.8) is 0 Å². The maximum atomic E-state index is 3.79. The molecule has 0 fully saturated rings. The van der Waals surface area contributed by atoms with Gasteiger partial charge in [0.1, 0.15) is 8.24 Å². The molecular formula is C11H31N3Si2. The van der Waals surface area contributed by atoms with Gasteiger partial charge in [-0.2, -0.15) is 0 Å². The minimum absolute atomic E-state index is 1.06. The van der Waals surface area contributed by atoms with E-state index in [2.05, 4.69) is 61.5 Å². The van der Waals surface area contributed by atoms with Gasteiger partial charge in [0, 0.05) is 0 Å². The molecule has 0 atom stereocenters. The minimum atomic E-state index is -1.64. The molecule has 0 aromatic heterocycles. The number of nitrogens with one attached hydrogen (secondary N) is 2. The van der Waals surface area contributed by atoms with Crippen molar-refractivity contribution in [2.75, 3.05) is 19.6 Å². The van der Waals surface area contributed by atoms with Gasteiger partial charge in [0.15, 0.2) is 0 Å². The van der Waals surface area contributed by atoms with Crippen LogP contribution in [0.3, 0.4) is 0 Å². The molecular weight excluding hydrogens is 230 g/mol. The highest BCUT2D eigenvalue weighted by Gasteiger charge is 2.42. The van der Waals surface area contributed by atoms with Gasteiger partial charge in [-0.1, -0.05) is 47.3 Å². The molecule has 0 aromatic carbocycles. The quantitative estimate of drug-likeness (QED) is 0.657. The Morgan fingerprint density at radius 1 is 0.875 bits per heavy atom. The third kappa shape index (κ3) is 3.96. The second-order valence-corrected chi connectivity index (χ2v) is 14.2. The van der Waals surface area contributed by atoms with Crippen molar-refractivity contribution < 1.29 is 0 Å². The van der Waals surface area contributed by atoms with Gasteiger partial charge in [-0.3, -0.25) is 0 Å². The zero-order valence-corrected chi connectivity index (χ0v) is 14.3. The number of hydrogen-bond donors (Lipinski definition) is 2. The zero-order chi connectivity index (χ0) is 12.8. The summed E-state index contributed by atoms with van der Waals surface area (Å²) in [5.41, 5.74) is 0. The van der Waals surface area contributed by atoms with Crippen LogP contribution in [0.2, 0.25) is 25.7 Å². The van der Waals surface area contributed by atoms with Crippen LogP contribution in [-0.4, -0.2) is 40.7 Å². The first-order valence-electron chi connectivity index (χ1n) is 6.65. The van der Waals surface area contributed by atoms with Crippen LogP contribution in [0.1, 0.15) is 27.7 Å². The molecule has 0 aromatic rings. The van der Waals surface area contributed by atoms with E-state index in [0.29, 0.717) is 0 Å². The molecule has 98 valence electrons. The van der Waals surface area contributed by atoms with Gasteiger partial charge in [0.05, 0.1) is 0 Å². The highest BCUT2D eigenvalue weighted by atomic mass is 28.4. The number of hydrogen-bond acceptors (Lipinski definition) is 3. The van der Waals surface area contributed by atoms with Crippen LogP contribution in [0.5, 0.6) is 0 Å². The van der Waals surface area contributed by atoms with E-state index < -0.39 is 16.8 Å². The standard InChI is InChI=1S/C11H31N3Si2/c1-8-12-16(11-4,13-9-2)14(10-3)15(5,6)7/h12-13H,8-11H2,1-7H3. The fourth-order valence-corrected chi connectivity index (χ4v) is 12.2. The number of nitrogens with zero attached hydrogens (tertiary/aromatic N) is 1. The fraction of sp³-hybridized carbons (Fsp3) is 1.00. The lowest BCUT2D eigenvalue weighted by atomic mass is 10.8. The predicted octanol–water partition coefficient (Wildman–Crippen LogP) is 2.32. The molecule has 2 N–H and O–H groups in total. The summed E-state index contributed by atoms with van der Waals surface area (Å²) < 4.78 is 2.78. The molecule has 0 radical (unpaired) electrons. The first-order valence-corrected chi connectivity index (χ1v) is 12.3. The van der Waals surface area contributed by atoms with E-state index in [0.717, 1.165) is 19.6 Å². The molecule has 5 heteroatoms. The Kier molecular flexibility index (Phi) is 7.04. The maximum absolute atomic E-state index is 3.79. The van der Waals surface area contributed by atoms with E-state index in [9.17, 15) is 0 Å². The molecule has 16 heavy (non-hydrogen) atoms. The van der Waals surface area contributed by atoms with Crippen molar-refractivity contribution in [2.24, 2.45) is 0 Å². The van der Waals surface area contributed by atoms with E-state index in [1.165, 1.54) is 6.04 Å². The average molecular weight is 262 g/mol. The summed E-state index contributed by atoms with van der Waals surface area (Å²) in [5.74, 6) is 0. The van der Waals surface area contributed by atoms with Crippen molar-refractivity contribution in [3.8, 4) is 0 Å². The van der Waals surface area contributed by atoms with E-state index >= 15 is 0 Å². The van der Waals surface area contributed by atoms with E-state index in [1.807, 2.05) is 0 Å². The minimum Gasteiger partial charge on any atom is -0.322 e. The van der Waals surface area contributed by atoms with Crippen LogP contribution in [-0.2, 0) is 0 Å². The summed E-state index contributed by atoms with van der Waals surface area (Å²) in [6, 6.07) is 1.23. The summed E-state index contributed by atoms with van der Waals surface area (Å²) in [4.78, 5) is 7.59. The van der Waals surface area contributed by atoms with Gasteiger partial charge in [-0.15, -0.1) is 0 Å². The third-order valence-corrected chi connectivity index (χ3v) is 12.3. The van der Waals surface area contributed by atoms with Crippen molar-refractivity contribution in [3.05, 3.63) is 0 Å². The molecule has 0 saturated heterocycles. The van der Waals surface area contributed by atoms with Crippen LogP contribution in [0, 0.1) is 0 Å². The topological polar surface area (TPSA) is 27.3 Å². The Labute approximate surface area is 104 Å². The van der Waals surface area contributed by atoms with Crippen LogP contribution < -0.4 is 9.96 Å². The second-order valence-electron chi connectivity index (χ2n) is 5.19. The Balaban J connectivity index is 5.08. The second kappa shape index (κ2) is 6.91. The van der Waals surface area contributed by atoms with Gasteiger partial charge in [-0.05, 0) is 25.7 Å². The third-order valence-electron chi connectivity index (χ3n) is 3.04. The lowest BCUT2D eigenvalue weighted by Crippen LogP contribution is -2.77.